The standard InChI is InChI=1S/C11H11N5S2/c12-9(13)7-4-6-2-1-3-8(6)16-10(7)17-11-14-5-15-18-11/h4-5H,1-3H2,(H3,12,13). The number of nitrogen functional groups attached to an aromatic ring is 1. The molecule has 0 unspecified atom stereocenters. The fourth-order valence-electron chi connectivity index (χ4n) is 2.01. The number of aromatic nitrogens is 3. The fraction of sp³-hybridized carbons (Fsp3) is 0.273. The number of hydrogen-bond donors (Lipinski definition) is 2. The van der Waals surface area contributed by atoms with E-state index in [1.54, 1.807) is 0 Å². The minimum absolute atomic E-state index is 0.0595. The first-order valence-corrected chi connectivity index (χ1v) is 7.15. The van der Waals surface area contributed by atoms with Gasteiger partial charge in [-0.1, -0.05) is 0 Å². The third kappa shape index (κ3) is 2.11. The molecule has 1 aliphatic carbocycles. The molecule has 0 saturated carbocycles. The number of nitrogens with zero attached hydrogens (tertiary/aromatic N) is 3. The van der Waals surface area contributed by atoms with Gasteiger partial charge in [-0.25, -0.2) is 9.97 Å². The molecule has 0 bridgehead atoms. The summed E-state index contributed by atoms with van der Waals surface area (Å²) in [6.07, 6.45) is 4.70. The Morgan fingerprint density at radius 3 is 3.06 bits per heavy atom. The molecule has 18 heavy (non-hydrogen) atoms. The van der Waals surface area contributed by atoms with Crippen molar-refractivity contribution in [2.24, 2.45) is 5.73 Å². The molecule has 2 aromatic rings. The molecular weight excluding hydrogens is 266 g/mol. The molecule has 3 rings (SSSR count). The highest BCUT2D eigenvalue weighted by Gasteiger charge is 2.19. The molecule has 0 atom stereocenters. The summed E-state index contributed by atoms with van der Waals surface area (Å²) in [6, 6.07) is 2.00. The van der Waals surface area contributed by atoms with Crippen LogP contribution in [0, 0.1) is 5.41 Å². The van der Waals surface area contributed by atoms with Gasteiger partial charge in [-0.3, -0.25) is 5.41 Å². The van der Waals surface area contributed by atoms with Crippen LogP contribution < -0.4 is 5.73 Å². The lowest BCUT2D eigenvalue weighted by Crippen LogP contribution is -2.14. The van der Waals surface area contributed by atoms with Crippen molar-refractivity contribution >= 4 is 29.1 Å². The number of hydrogen-bond acceptors (Lipinski definition) is 6. The predicted molar refractivity (Wildman–Crippen MR) is 71.3 cm³/mol. The predicted octanol–water partition coefficient (Wildman–Crippen LogP) is 1.86. The van der Waals surface area contributed by atoms with E-state index in [9.17, 15) is 0 Å². The molecule has 1 aliphatic rings. The Bertz CT molecular complexity index is 594. The van der Waals surface area contributed by atoms with E-state index in [-0.39, 0.29) is 5.84 Å². The van der Waals surface area contributed by atoms with Crippen LogP contribution >= 0.6 is 23.3 Å². The first-order chi connectivity index (χ1) is 8.74. The van der Waals surface area contributed by atoms with Crippen molar-refractivity contribution < 1.29 is 0 Å². The maximum Gasteiger partial charge on any atom is 0.176 e. The van der Waals surface area contributed by atoms with Gasteiger partial charge in [0.15, 0.2) is 4.34 Å². The van der Waals surface area contributed by atoms with Gasteiger partial charge in [0, 0.05) is 11.3 Å². The molecule has 0 radical (unpaired) electrons. The van der Waals surface area contributed by atoms with Crippen molar-refractivity contribution in [1.29, 1.82) is 5.41 Å². The lowest BCUT2D eigenvalue weighted by molar-refractivity contribution is 0.891. The van der Waals surface area contributed by atoms with Crippen molar-refractivity contribution in [2.45, 2.75) is 28.6 Å². The summed E-state index contributed by atoms with van der Waals surface area (Å²) >= 11 is 2.75. The van der Waals surface area contributed by atoms with Crippen LogP contribution in [0.15, 0.2) is 21.8 Å². The largest absolute Gasteiger partial charge is 0.384 e. The van der Waals surface area contributed by atoms with Gasteiger partial charge in [-0.15, -0.1) is 0 Å². The summed E-state index contributed by atoms with van der Waals surface area (Å²) in [5, 5.41) is 8.42. The number of fused-ring (bicyclic) bond motifs is 1. The number of pyridine rings is 1. The number of nitrogens with one attached hydrogen (secondary N) is 1. The van der Waals surface area contributed by atoms with Gasteiger partial charge in [-0.2, -0.15) is 4.37 Å². The Morgan fingerprint density at radius 1 is 1.44 bits per heavy atom. The summed E-state index contributed by atoms with van der Waals surface area (Å²) in [6.45, 7) is 0. The smallest absolute Gasteiger partial charge is 0.176 e. The topological polar surface area (TPSA) is 88.5 Å². The van der Waals surface area contributed by atoms with E-state index in [0.717, 1.165) is 34.3 Å². The molecule has 0 spiro atoms. The van der Waals surface area contributed by atoms with Crippen molar-refractivity contribution in [1.82, 2.24) is 14.3 Å². The maximum absolute atomic E-state index is 7.66. The Labute approximate surface area is 113 Å². The zero-order valence-corrected chi connectivity index (χ0v) is 11.1. The Balaban J connectivity index is 2.03. The Kier molecular flexibility index (Phi) is 3.00. The Hall–Kier alpha value is -1.47. The second-order valence-electron chi connectivity index (χ2n) is 4.02. The molecule has 2 heterocycles. The third-order valence-corrected chi connectivity index (χ3v) is 4.55. The van der Waals surface area contributed by atoms with Gasteiger partial charge in [0.25, 0.3) is 0 Å². The van der Waals surface area contributed by atoms with Crippen LogP contribution in [-0.4, -0.2) is 20.2 Å². The summed E-state index contributed by atoms with van der Waals surface area (Å²) in [5.74, 6) is 0.0595. The summed E-state index contributed by atoms with van der Waals surface area (Å²) in [4.78, 5) is 8.75. The van der Waals surface area contributed by atoms with E-state index in [1.807, 2.05) is 6.07 Å². The van der Waals surface area contributed by atoms with Crippen LogP contribution in [0.4, 0.5) is 0 Å². The highest BCUT2D eigenvalue weighted by Crippen LogP contribution is 2.32. The van der Waals surface area contributed by atoms with Crippen molar-refractivity contribution in [3.63, 3.8) is 0 Å². The molecule has 2 aromatic heterocycles. The second-order valence-corrected chi connectivity index (χ2v) is 6.04. The molecular formula is C11H11N5S2. The van der Waals surface area contributed by atoms with Gasteiger partial charge in [0.05, 0.1) is 0 Å². The minimum atomic E-state index is 0.0595. The molecule has 0 aromatic carbocycles. The number of aryl methyl sites for hydroxylation is 2. The molecule has 0 fully saturated rings. The van der Waals surface area contributed by atoms with Crippen LogP contribution in [0.25, 0.3) is 0 Å². The zero-order valence-electron chi connectivity index (χ0n) is 9.51. The quantitative estimate of drug-likeness (QED) is 0.660. The van der Waals surface area contributed by atoms with Gasteiger partial charge < -0.3 is 5.73 Å². The second kappa shape index (κ2) is 4.66. The summed E-state index contributed by atoms with van der Waals surface area (Å²) in [7, 11) is 0. The molecule has 0 saturated heterocycles. The number of nitrogens with two attached hydrogens (primary N) is 1. The first kappa shape index (κ1) is 11.6. The number of rotatable bonds is 3. The molecule has 3 N–H and O–H groups in total. The van der Waals surface area contributed by atoms with E-state index in [0.29, 0.717) is 5.56 Å². The number of amidine groups is 1. The summed E-state index contributed by atoms with van der Waals surface area (Å²) < 4.78 is 4.78. The van der Waals surface area contributed by atoms with Crippen LogP contribution in [0.3, 0.4) is 0 Å². The molecule has 5 nitrogen and oxygen atoms in total. The maximum atomic E-state index is 7.66. The lowest BCUT2D eigenvalue weighted by atomic mass is 10.1. The van der Waals surface area contributed by atoms with Crippen LogP contribution in [-0.2, 0) is 12.8 Å². The molecule has 92 valence electrons. The fourth-order valence-corrected chi connectivity index (χ4v) is 3.51. The lowest BCUT2D eigenvalue weighted by Gasteiger charge is -2.08. The highest BCUT2D eigenvalue weighted by molar-refractivity contribution is 8.01. The van der Waals surface area contributed by atoms with Gasteiger partial charge in [0.1, 0.15) is 17.2 Å². The van der Waals surface area contributed by atoms with Crippen molar-refractivity contribution in [3.05, 3.63) is 29.2 Å². The van der Waals surface area contributed by atoms with Crippen LogP contribution in [0.1, 0.15) is 23.2 Å². The van der Waals surface area contributed by atoms with Gasteiger partial charge >= 0.3 is 0 Å². The van der Waals surface area contributed by atoms with Crippen molar-refractivity contribution in [3.8, 4) is 0 Å². The Morgan fingerprint density at radius 2 is 2.33 bits per heavy atom. The minimum Gasteiger partial charge on any atom is -0.384 e. The van der Waals surface area contributed by atoms with Crippen LogP contribution in [0.2, 0.25) is 0 Å². The molecule has 0 aliphatic heterocycles. The molecule has 7 heteroatoms. The van der Waals surface area contributed by atoms with Crippen LogP contribution in [0.5, 0.6) is 0 Å². The molecule has 0 amide bonds. The van der Waals surface area contributed by atoms with Gasteiger partial charge in [0.2, 0.25) is 0 Å². The SMILES string of the molecule is N=C(N)c1cc2c(nc1Sc1ncns1)CCC2. The van der Waals surface area contributed by atoms with E-state index in [1.165, 1.54) is 35.2 Å². The first-order valence-electron chi connectivity index (χ1n) is 5.56. The van der Waals surface area contributed by atoms with Crippen molar-refractivity contribution in [2.75, 3.05) is 0 Å². The highest BCUT2D eigenvalue weighted by atomic mass is 32.2. The monoisotopic (exact) mass is 277 g/mol. The van der Waals surface area contributed by atoms with E-state index < -0.39 is 0 Å². The zero-order chi connectivity index (χ0) is 12.5. The van der Waals surface area contributed by atoms with E-state index in [4.69, 9.17) is 11.1 Å². The van der Waals surface area contributed by atoms with E-state index >= 15 is 0 Å². The van der Waals surface area contributed by atoms with E-state index in [2.05, 4.69) is 14.3 Å². The third-order valence-electron chi connectivity index (χ3n) is 2.83. The average Bonchev–Trinajstić information content (AvgIpc) is 2.97. The summed E-state index contributed by atoms with van der Waals surface area (Å²) in [5.41, 5.74) is 8.69. The normalized spacial score (nSPS) is 13.6. The van der Waals surface area contributed by atoms with Gasteiger partial charge in [-0.05, 0) is 54.2 Å². The average molecular weight is 277 g/mol.